The predicted octanol–water partition coefficient (Wildman–Crippen LogP) is 14.4. The van der Waals surface area contributed by atoms with Gasteiger partial charge < -0.3 is 28.4 Å². The summed E-state index contributed by atoms with van der Waals surface area (Å²) in [6, 6.07) is 36.4. The topological polar surface area (TPSA) is 105 Å². The molecule has 0 heterocycles. The largest absolute Gasteiger partial charge is 0.497 e. The van der Waals surface area contributed by atoms with Crippen molar-refractivity contribution in [3.63, 3.8) is 0 Å². The Hall–Kier alpha value is -6.68. The summed E-state index contributed by atoms with van der Waals surface area (Å²) in [6.45, 7) is 10.8. The van der Waals surface area contributed by atoms with Crippen molar-refractivity contribution < 1.29 is 28.4 Å². The second kappa shape index (κ2) is 22.6. The zero-order chi connectivity index (χ0) is 44.7. The number of nitrogens with zero attached hydrogens (tertiary/aromatic N) is 4. The standard InChI is InChI=1S/C54H60N4O6/c1-7-27-61-51-37-13-11-14-38(51)32-42-34-46(57-55-44-18-22-47(59-5)23-19-44)35-43(53(42)63-29-9-3)33-39-15-12-16-40(52(39)62-28-8-2)36-49-50(26-17-41(31-37)54(49)64-30-10-4)58-56-45-20-24-48(60-6)25-21-45/h11-26,34-35H,7-10,27-33,36H2,1-6H3. The van der Waals surface area contributed by atoms with Crippen LogP contribution in [0.2, 0.25) is 0 Å². The van der Waals surface area contributed by atoms with Crippen molar-refractivity contribution in [3.8, 4) is 34.5 Å². The molecule has 0 radical (unpaired) electrons. The second-order valence-corrected chi connectivity index (χ2v) is 15.9. The summed E-state index contributed by atoms with van der Waals surface area (Å²) in [4.78, 5) is 0. The summed E-state index contributed by atoms with van der Waals surface area (Å²) in [5.41, 5.74) is 11.1. The number of methoxy groups -OCH3 is 2. The van der Waals surface area contributed by atoms with E-state index in [4.69, 9.17) is 43.8 Å². The van der Waals surface area contributed by atoms with Crippen molar-refractivity contribution in [2.24, 2.45) is 20.5 Å². The highest BCUT2D eigenvalue weighted by Crippen LogP contribution is 2.43. The molecular weight excluding hydrogens is 801 g/mol. The van der Waals surface area contributed by atoms with E-state index in [0.717, 1.165) is 127 Å². The summed E-state index contributed by atoms with van der Waals surface area (Å²) in [5, 5.41) is 19.1. The highest BCUT2D eigenvalue weighted by atomic mass is 16.5. The lowest BCUT2D eigenvalue weighted by Gasteiger charge is -2.23. The second-order valence-electron chi connectivity index (χ2n) is 15.9. The molecule has 0 aliphatic heterocycles. The molecule has 332 valence electrons. The van der Waals surface area contributed by atoms with Gasteiger partial charge in [-0.05, 0) is 120 Å². The van der Waals surface area contributed by atoms with Gasteiger partial charge in [-0.2, -0.15) is 20.5 Å². The van der Waals surface area contributed by atoms with Crippen LogP contribution in [0.5, 0.6) is 34.5 Å². The fraction of sp³-hybridized carbons (Fsp3) is 0.333. The summed E-state index contributed by atoms with van der Waals surface area (Å²) in [5.74, 6) is 4.89. The molecule has 6 aromatic carbocycles. The normalized spacial score (nSPS) is 12.3. The van der Waals surface area contributed by atoms with E-state index in [1.165, 1.54) is 0 Å². The summed E-state index contributed by atoms with van der Waals surface area (Å²) < 4.78 is 37.8. The molecule has 0 fully saturated rings. The number of ether oxygens (including phenoxy) is 6. The Morgan fingerprint density at radius 2 is 0.750 bits per heavy atom. The highest BCUT2D eigenvalue weighted by molar-refractivity contribution is 5.63. The van der Waals surface area contributed by atoms with E-state index < -0.39 is 0 Å². The van der Waals surface area contributed by atoms with Gasteiger partial charge in [-0.3, -0.25) is 0 Å². The molecule has 6 aromatic rings. The minimum atomic E-state index is 0.497. The molecule has 10 nitrogen and oxygen atoms in total. The van der Waals surface area contributed by atoms with Crippen LogP contribution < -0.4 is 28.4 Å². The van der Waals surface area contributed by atoms with Crippen LogP contribution in [0.4, 0.5) is 22.7 Å². The van der Waals surface area contributed by atoms with Crippen molar-refractivity contribution in [1.29, 1.82) is 0 Å². The monoisotopic (exact) mass is 860 g/mol. The lowest BCUT2D eigenvalue weighted by atomic mass is 9.90. The summed E-state index contributed by atoms with van der Waals surface area (Å²) in [7, 11) is 3.31. The number of fused-ring (bicyclic) bond motifs is 8. The smallest absolute Gasteiger partial charge is 0.128 e. The lowest BCUT2D eigenvalue weighted by Crippen LogP contribution is -2.10. The fourth-order valence-corrected chi connectivity index (χ4v) is 7.84. The highest BCUT2D eigenvalue weighted by Gasteiger charge is 2.24. The molecule has 0 spiro atoms. The van der Waals surface area contributed by atoms with E-state index in [1.54, 1.807) is 14.2 Å². The SMILES string of the molecule is CCCOc1c2cc(N=Nc3ccc(OC)cc3)cc1Cc1cccc(c1OCCC)Cc1c(N=Nc3ccc(OC)cc3)ccc(c1OCCC)Cc1cccc(c1OCCC)C2. The van der Waals surface area contributed by atoms with E-state index in [0.29, 0.717) is 52.1 Å². The Kier molecular flexibility index (Phi) is 16.0. The minimum absolute atomic E-state index is 0.497. The van der Waals surface area contributed by atoms with Crippen LogP contribution in [-0.4, -0.2) is 40.6 Å². The molecule has 1 aliphatic carbocycles. The first-order chi connectivity index (χ1) is 31.4. The first-order valence-electron chi connectivity index (χ1n) is 22.6. The van der Waals surface area contributed by atoms with Gasteiger partial charge in [0.15, 0.2) is 0 Å². The van der Waals surface area contributed by atoms with Crippen LogP contribution in [0.3, 0.4) is 0 Å². The van der Waals surface area contributed by atoms with Crippen molar-refractivity contribution in [1.82, 2.24) is 0 Å². The van der Waals surface area contributed by atoms with E-state index in [9.17, 15) is 0 Å². The predicted molar refractivity (Wildman–Crippen MR) is 254 cm³/mol. The number of benzene rings is 6. The third-order valence-electron chi connectivity index (χ3n) is 10.9. The Balaban J connectivity index is 1.46. The molecule has 1 aliphatic rings. The van der Waals surface area contributed by atoms with Crippen molar-refractivity contribution in [2.45, 2.75) is 79.1 Å². The maximum Gasteiger partial charge on any atom is 0.128 e. The van der Waals surface area contributed by atoms with Crippen LogP contribution >= 0.6 is 0 Å². The van der Waals surface area contributed by atoms with Crippen LogP contribution in [-0.2, 0) is 25.7 Å². The molecule has 0 saturated heterocycles. The third kappa shape index (κ3) is 11.3. The van der Waals surface area contributed by atoms with E-state index in [-0.39, 0.29) is 0 Å². The lowest BCUT2D eigenvalue weighted by molar-refractivity contribution is 0.304. The molecular formula is C54H60N4O6. The van der Waals surface area contributed by atoms with Crippen LogP contribution in [0, 0.1) is 0 Å². The number of azo groups is 2. The average Bonchev–Trinajstić information content (AvgIpc) is 3.32. The van der Waals surface area contributed by atoms with Gasteiger partial charge in [-0.25, -0.2) is 0 Å². The fourth-order valence-electron chi connectivity index (χ4n) is 7.84. The van der Waals surface area contributed by atoms with Gasteiger partial charge in [0.1, 0.15) is 34.5 Å². The Bertz CT molecular complexity index is 2530. The van der Waals surface area contributed by atoms with E-state index in [2.05, 4.69) is 93.5 Å². The molecule has 0 aromatic heterocycles. The Labute approximate surface area is 378 Å². The molecule has 0 N–H and O–H groups in total. The van der Waals surface area contributed by atoms with Crippen LogP contribution in [0.25, 0.3) is 0 Å². The first-order valence-corrected chi connectivity index (χ1v) is 22.6. The van der Waals surface area contributed by atoms with Gasteiger partial charge in [-0.1, -0.05) is 70.2 Å². The molecule has 0 atom stereocenters. The van der Waals surface area contributed by atoms with Crippen LogP contribution in [0.15, 0.2) is 130 Å². The maximum atomic E-state index is 6.80. The minimum Gasteiger partial charge on any atom is -0.497 e. The van der Waals surface area contributed by atoms with Gasteiger partial charge in [0.05, 0.1) is 63.4 Å². The van der Waals surface area contributed by atoms with Crippen molar-refractivity contribution in [2.75, 3.05) is 40.6 Å². The number of hydrogen-bond donors (Lipinski definition) is 0. The summed E-state index contributed by atoms with van der Waals surface area (Å²) >= 11 is 0. The first kappa shape index (κ1) is 45.3. The Morgan fingerprint density at radius 1 is 0.375 bits per heavy atom. The number of para-hydroxylation sites is 2. The molecule has 64 heavy (non-hydrogen) atoms. The zero-order valence-electron chi connectivity index (χ0n) is 38.1. The zero-order valence-corrected chi connectivity index (χ0v) is 38.1. The van der Waals surface area contributed by atoms with Gasteiger partial charge >= 0.3 is 0 Å². The summed E-state index contributed by atoms with van der Waals surface area (Å²) in [6.07, 6.45) is 5.59. The molecule has 10 heteroatoms. The van der Waals surface area contributed by atoms with Gasteiger partial charge in [0.2, 0.25) is 0 Å². The molecule has 0 unspecified atom stereocenters. The average molecular weight is 861 g/mol. The molecule has 0 saturated carbocycles. The van der Waals surface area contributed by atoms with Gasteiger partial charge in [0, 0.05) is 42.4 Å². The van der Waals surface area contributed by atoms with Crippen LogP contribution in [0.1, 0.15) is 97.9 Å². The van der Waals surface area contributed by atoms with Crippen molar-refractivity contribution >= 4 is 22.7 Å². The van der Waals surface area contributed by atoms with E-state index in [1.807, 2.05) is 48.5 Å². The third-order valence-corrected chi connectivity index (χ3v) is 10.9. The molecule has 8 bridgehead atoms. The van der Waals surface area contributed by atoms with Gasteiger partial charge in [0.25, 0.3) is 0 Å². The van der Waals surface area contributed by atoms with Gasteiger partial charge in [-0.15, -0.1) is 0 Å². The van der Waals surface area contributed by atoms with Crippen molar-refractivity contribution in [3.05, 3.63) is 154 Å². The van der Waals surface area contributed by atoms with E-state index >= 15 is 0 Å². The Morgan fingerprint density at radius 3 is 1.20 bits per heavy atom. The maximum absolute atomic E-state index is 6.80. The number of rotatable bonds is 18. The molecule has 0 amide bonds. The molecule has 7 rings (SSSR count). The quantitative estimate of drug-likeness (QED) is 0.0796. The number of hydrogen-bond acceptors (Lipinski definition) is 10.